The van der Waals surface area contributed by atoms with Crippen LogP contribution in [0.15, 0.2) is 18.2 Å². The second-order valence-corrected chi connectivity index (χ2v) is 5.98. The van der Waals surface area contributed by atoms with Gasteiger partial charge in [-0.05, 0) is 45.3 Å². The predicted octanol–water partition coefficient (Wildman–Crippen LogP) is 1.05. The van der Waals surface area contributed by atoms with Crippen molar-refractivity contribution in [2.24, 2.45) is 0 Å². The number of fused-ring (bicyclic) bond motifs is 1. The number of benzene rings is 1. The maximum atomic E-state index is 12.2. The van der Waals surface area contributed by atoms with E-state index in [2.05, 4.69) is 10.6 Å². The summed E-state index contributed by atoms with van der Waals surface area (Å²) < 4.78 is 5.25. The Bertz CT molecular complexity index is 628. The number of nitrogens with one attached hydrogen (secondary N) is 2. The highest BCUT2D eigenvalue weighted by Gasteiger charge is 2.18. The lowest BCUT2D eigenvalue weighted by Gasteiger charge is -2.18. The molecule has 1 heterocycles. The molecule has 2 amide bonds. The SMILES string of the molecule is CN(C)CCCNC(=O)CCC(=O)c1ccc2c(c1)NC(=O)CO2. The molecule has 24 heavy (non-hydrogen) atoms. The second kappa shape index (κ2) is 8.44. The van der Waals surface area contributed by atoms with Gasteiger partial charge in [0.15, 0.2) is 12.4 Å². The Balaban J connectivity index is 1.79. The fourth-order valence-electron chi connectivity index (χ4n) is 2.34. The Kier molecular flexibility index (Phi) is 6.31. The van der Waals surface area contributed by atoms with Crippen LogP contribution < -0.4 is 15.4 Å². The van der Waals surface area contributed by atoms with Gasteiger partial charge in [-0.2, -0.15) is 0 Å². The van der Waals surface area contributed by atoms with E-state index in [0.29, 0.717) is 23.5 Å². The number of Topliss-reactive ketones (excluding diaryl/α,β-unsaturated/α-hetero) is 1. The number of nitrogens with zero attached hydrogens (tertiary/aromatic N) is 1. The van der Waals surface area contributed by atoms with Crippen molar-refractivity contribution in [3.8, 4) is 5.75 Å². The maximum Gasteiger partial charge on any atom is 0.262 e. The molecule has 2 N–H and O–H groups in total. The molecule has 0 saturated heterocycles. The van der Waals surface area contributed by atoms with Gasteiger partial charge in [0.1, 0.15) is 5.75 Å². The second-order valence-electron chi connectivity index (χ2n) is 5.98. The van der Waals surface area contributed by atoms with Crippen molar-refractivity contribution >= 4 is 23.3 Å². The van der Waals surface area contributed by atoms with Gasteiger partial charge in [0, 0.05) is 24.9 Å². The van der Waals surface area contributed by atoms with Crippen molar-refractivity contribution < 1.29 is 19.1 Å². The first-order valence-electron chi connectivity index (χ1n) is 7.97. The van der Waals surface area contributed by atoms with Gasteiger partial charge >= 0.3 is 0 Å². The molecule has 130 valence electrons. The topological polar surface area (TPSA) is 87.7 Å². The minimum absolute atomic E-state index is 0.0196. The number of carbonyl (C=O) groups is 3. The van der Waals surface area contributed by atoms with Gasteiger partial charge in [0.25, 0.3) is 5.91 Å². The summed E-state index contributed by atoms with van der Waals surface area (Å²) in [6, 6.07) is 4.89. The minimum Gasteiger partial charge on any atom is -0.482 e. The number of rotatable bonds is 8. The molecule has 7 heteroatoms. The summed E-state index contributed by atoms with van der Waals surface area (Å²) in [6.45, 7) is 1.49. The van der Waals surface area contributed by atoms with Gasteiger partial charge in [0.05, 0.1) is 5.69 Å². The number of ether oxygens (including phenoxy) is 1. The zero-order valence-electron chi connectivity index (χ0n) is 14.1. The summed E-state index contributed by atoms with van der Waals surface area (Å²) in [7, 11) is 3.96. The first kappa shape index (κ1) is 17.9. The Hall–Kier alpha value is -2.41. The largest absolute Gasteiger partial charge is 0.482 e. The molecule has 1 aromatic carbocycles. The van der Waals surface area contributed by atoms with Crippen LogP contribution in [0.5, 0.6) is 5.75 Å². The fourth-order valence-corrected chi connectivity index (χ4v) is 2.34. The van der Waals surface area contributed by atoms with Crippen LogP contribution in [0.4, 0.5) is 5.69 Å². The summed E-state index contributed by atoms with van der Waals surface area (Å²) in [5, 5.41) is 5.47. The summed E-state index contributed by atoms with van der Waals surface area (Å²) in [5.74, 6) is 0.0340. The third-order valence-electron chi connectivity index (χ3n) is 3.62. The highest BCUT2D eigenvalue weighted by molar-refractivity contribution is 6.01. The van der Waals surface area contributed by atoms with E-state index < -0.39 is 0 Å². The maximum absolute atomic E-state index is 12.2. The number of amides is 2. The highest BCUT2D eigenvalue weighted by Crippen LogP contribution is 2.28. The van der Waals surface area contributed by atoms with Crippen LogP contribution in [0.1, 0.15) is 29.6 Å². The first-order chi connectivity index (χ1) is 11.5. The first-order valence-corrected chi connectivity index (χ1v) is 7.97. The smallest absolute Gasteiger partial charge is 0.262 e. The Morgan fingerprint density at radius 2 is 2.08 bits per heavy atom. The molecule has 1 aliphatic rings. The van der Waals surface area contributed by atoms with Crippen molar-refractivity contribution in [3.05, 3.63) is 23.8 Å². The zero-order chi connectivity index (χ0) is 17.5. The molecule has 0 aromatic heterocycles. The third-order valence-corrected chi connectivity index (χ3v) is 3.62. The summed E-state index contributed by atoms with van der Waals surface area (Å²) in [6.07, 6.45) is 1.16. The number of hydrogen-bond donors (Lipinski definition) is 2. The van der Waals surface area contributed by atoms with Gasteiger partial charge < -0.3 is 20.3 Å². The van der Waals surface area contributed by atoms with Crippen molar-refractivity contribution in [1.82, 2.24) is 10.2 Å². The van der Waals surface area contributed by atoms with Crippen molar-refractivity contribution in [2.45, 2.75) is 19.3 Å². The summed E-state index contributed by atoms with van der Waals surface area (Å²) >= 11 is 0. The molecule has 0 fully saturated rings. The normalized spacial score (nSPS) is 13.0. The summed E-state index contributed by atoms with van der Waals surface area (Å²) in [4.78, 5) is 37.3. The number of hydrogen-bond acceptors (Lipinski definition) is 5. The number of anilines is 1. The molecular weight excluding hydrogens is 310 g/mol. The van der Waals surface area contributed by atoms with Gasteiger partial charge in [-0.3, -0.25) is 14.4 Å². The lowest BCUT2D eigenvalue weighted by Crippen LogP contribution is -2.27. The van der Waals surface area contributed by atoms with Crippen molar-refractivity contribution in [3.63, 3.8) is 0 Å². The van der Waals surface area contributed by atoms with Gasteiger partial charge in [-0.25, -0.2) is 0 Å². The molecule has 0 atom stereocenters. The van der Waals surface area contributed by atoms with Crippen LogP contribution in [-0.4, -0.2) is 56.3 Å². The van der Waals surface area contributed by atoms with E-state index in [-0.39, 0.29) is 37.0 Å². The molecule has 0 bridgehead atoms. The molecule has 1 aliphatic heterocycles. The zero-order valence-corrected chi connectivity index (χ0v) is 14.1. The Morgan fingerprint density at radius 1 is 1.29 bits per heavy atom. The highest BCUT2D eigenvalue weighted by atomic mass is 16.5. The van der Waals surface area contributed by atoms with E-state index in [1.807, 2.05) is 19.0 Å². The Morgan fingerprint density at radius 3 is 2.83 bits per heavy atom. The van der Waals surface area contributed by atoms with Crippen LogP contribution in [0.2, 0.25) is 0 Å². The summed E-state index contributed by atoms with van der Waals surface area (Å²) in [5.41, 5.74) is 0.949. The predicted molar refractivity (Wildman–Crippen MR) is 90.3 cm³/mol. The standard InChI is InChI=1S/C17H23N3O4/c1-20(2)9-3-8-18-16(22)7-5-14(21)12-4-6-15-13(10-12)19-17(23)11-24-15/h4,6,10H,3,5,7-9,11H2,1-2H3,(H,18,22)(H,19,23). The van der Waals surface area contributed by atoms with Crippen LogP contribution >= 0.6 is 0 Å². The molecule has 0 radical (unpaired) electrons. The Labute approximate surface area is 141 Å². The van der Waals surface area contributed by atoms with E-state index in [9.17, 15) is 14.4 Å². The molecule has 2 rings (SSSR count). The lowest BCUT2D eigenvalue weighted by molar-refractivity contribution is -0.121. The third kappa shape index (κ3) is 5.34. The average Bonchev–Trinajstić information content (AvgIpc) is 2.55. The quantitative estimate of drug-likeness (QED) is 0.548. The van der Waals surface area contributed by atoms with Gasteiger partial charge in [-0.15, -0.1) is 0 Å². The lowest BCUT2D eigenvalue weighted by atomic mass is 10.0. The van der Waals surface area contributed by atoms with E-state index in [1.54, 1.807) is 18.2 Å². The molecule has 0 unspecified atom stereocenters. The monoisotopic (exact) mass is 333 g/mol. The molecule has 0 spiro atoms. The average molecular weight is 333 g/mol. The van der Waals surface area contributed by atoms with Gasteiger partial charge in [0.2, 0.25) is 5.91 Å². The number of ketones is 1. The molecular formula is C17H23N3O4. The van der Waals surface area contributed by atoms with E-state index in [4.69, 9.17) is 4.74 Å². The number of carbonyl (C=O) groups excluding carboxylic acids is 3. The van der Waals surface area contributed by atoms with Crippen LogP contribution in [0.3, 0.4) is 0 Å². The molecule has 7 nitrogen and oxygen atoms in total. The van der Waals surface area contributed by atoms with Crippen LogP contribution in [-0.2, 0) is 9.59 Å². The van der Waals surface area contributed by atoms with E-state index in [1.165, 1.54) is 0 Å². The van der Waals surface area contributed by atoms with Crippen LogP contribution in [0, 0.1) is 0 Å². The van der Waals surface area contributed by atoms with Crippen molar-refractivity contribution in [1.29, 1.82) is 0 Å². The minimum atomic E-state index is -0.246. The van der Waals surface area contributed by atoms with Crippen LogP contribution in [0.25, 0.3) is 0 Å². The van der Waals surface area contributed by atoms with Crippen molar-refractivity contribution in [2.75, 3.05) is 39.1 Å². The van der Waals surface area contributed by atoms with E-state index in [0.717, 1.165) is 13.0 Å². The fraction of sp³-hybridized carbons (Fsp3) is 0.471. The molecule has 1 aromatic rings. The molecule has 0 aliphatic carbocycles. The van der Waals surface area contributed by atoms with E-state index >= 15 is 0 Å². The van der Waals surface area contributed by atoms with Gasteiger partial charge in [-0.1, -0.05) is 0 Å². The molecule has 0 saturated carbocycles.